The molecule has 0 heterocycles. The summed E-state index contributed by atoms with van der Waals surface area (Å²) in [7, 11) is 0. The fourth-order valence-electron chi connectivity index (χ4n) is 3.32. The highest BCUT2D eigenvalue weighted by atomic mass is 16.6. The number of nitrogens with zero attached hydrogens (tertiary/aromatic N) is 2. The Bertz CT molecular complexity index is 703. The predicted molar refractivity (Wildman–Crippen MR) is 126 cm³/mol. The van der Waals surface area contributed by atoms with Gasteiger partial charge in [0.05, 0.1) is 0 Å². The number of nitrogens with one attached hydrogen (secondary N) is 1. The van der Waals surface area contributed by atoms with Gasteiger partial charge in [-0.25, -0.2) is 20.0 Å². The predicted octanol–water partition coefficient (Wildman–Crippen LogP) is 3.44. The van der Waals surface area contributed by atoms with Gasteiger partial charge in [0, 0.05) is 0 Å². The normalized spacial score (nSPS) is 14.9. The molecule has 0 saturated heterocycles. The number of ether oxygens (including phenoxy) is 1. The van der Waals surface area contributed by atoms with E-state index in [0.29, 0.717) is 0 Å². The molecule has 11 nitrogen and oxygen atoms in total. The standard InChI is InChI=1S/C23H43N3O8/c1-13(2)10-16(19(27)28)24-26(18(21(31)32)12-15(5)6)25(22(33)34-23(7,8)9)17(20(29)30)11-14(3)4/h13-18,24H,10-12H2,1-9H3,(H,27,28)(H,29,30)(H,31,32)/t16-,17-,18-/m0/s1. The largest absolute Gasteiger partial charge is 0.480 e. The number of hydrogen-bond acceptors (Lipinski definition) is 7. The molecule has 11 heteroatoms. The third-order valence-corrected chi connectivity index (χ3v) is 4.66. The second-order valence-corrected chi connectivity index (χ2v) is 10.8. The van der Waals surface area contributed by atoms with Crippen LogP contribution in [-0.4, -0.2) is 73.2 Å². The number of carbonyl (C=O) groups is 4. The zero-order valence-corrected chi connectivity index (χ0v) is 21.9. The summed E-state index contributed by atoms with van der Waals surface area (Å²) in [5.74, 6) is -4.37. The summed E-state index contributed by atoms with van der Waals surface area (Å²) in [6, 6.07) is -4.20. The van der Waals surface area contributed by atoms with Crippen LogP contribution in [0.4, 0.5) is 4.79 Å². The molecule has 0 bridgehead atoms. The highest BCUT2D eigenvalue weighted by Crippen LogP contribution is 2.23. The molecule has 198 valence electrons. The molecule has 0 unspecified atom stereocenters. The first kappa shape index (κ1) is 31.6. The van der Waals surface area contributed by atoms with Crippen molar-refractivity contribution < 1.29 is 39.2 Å². The molecule has 3 atom stereocenters. The topological polar surface area (TPSA) is 157 Å². The van der Waals surface area contributed by atoms with Gasteiger partial charge in [-0.15, -0.1) is 5.12 Å². The minimum atomic E-state index is -1.50. The van der Waals surface area contributed by atoms with E-state index in [0.717, 1.165) is 10.1 Å². The molecule has 0 aliphatic carbocycles. The zero-order chi connectivity index (χ0) is 27.0. The molecule has 0 radical (unpaired) electrons. The Hall–Kier alpha value is -2.40. The highest BCUT2D eigenvalue weighted by Gasteiger charge is 2.44. The average molecular weight is 490 g/mol. The minimum Gasteiger partial charge on any atom is -0.480 e. The van der Waals surface area contributed by atoms with Gasteiger partial charge in [-0.2, -0.15) is 0 Å². The van der Waals surface area contributed by atoms with E-state index in [2.05, 4.69) is 5.43 Å². The van der Waals surface area contributed by atoms with Gasteiger partial charge < -0.3 is 20.1 Å². The van der Waals surface area contributed by atoms with Gasteiger partial charge in [0.15, 0.2) is 6.04 Å². The van der Waals surface area contributed by atoms with E-state index < -0.39 is 47.7 Å². The van der Waals surface area contributed by atoms with E-state index in [9.17, 15) is 34.5 Å². The molecule has 0 aromatic carbocycles. The third kappa shape index (κ3) is 11.1. The number of carboxylic acid groups (broad SMARTS) is 3. The lowest BCUT2D eigenvalue weighted by atomic mass is 10.0. The van der Waals surface area contributed by atoms with Gasteiger partial charge in [-0.3, -0.25) is 9.59 Å². The lowest BCUT2D eigenvalue weighted by molar-refractivity contribution is -0.183. The van der Waals surface area contributed by atoms with Crippen LogP contribution in [0.3, 0.4) is 0 Å². The molecule has 0 spiro atoms. The first-order valence-corrected chi connectivity index (χ1v) is 11.6. The second-order valence-electron chi connectivity index (χ2n) is 10.8. The Morgan fingerprint density at radius 1 is 0.735 bits per heavy atom. The van der Waals surface area contributed by atoms with Crippen molar-refractivity contribution >= 4 is 24.0 Å². The maximum Gasteiger partial charge on any atom is 0.426 e. The van der Waals surface area contributed by atoms with E-state index in [1.54, 1.807) is 62.3 Å². The van der Waals surface area contributed by atoms with Gasteiger partial charge in [0.25, 0.3) is 0 Å². The lowest BCUT2D eigenvalue weighted by Crippen LogP contribution is -2.68. The number of amides is 1. The molecule has 0 aromatic rings. The third-order valence-electron chi connectivity index (χ3n) is 4.66. The number of hydrogen-bond donors (Lipinski definition) is 4. The van der Waals surface area contributed by atoms with Gasteiger partial charge in [-0.05, 0) is 57.8 Å². The molecular weight excluding hydrogens is 446 g/mol. The van der Waals surface area contributed by atoms with Crippen LogP contribution < -0.4 is 5.43 Å². The quantitative estimate of drug-likeness (QED) is 0.266. The van der Waals surface area contributed by atoms with Crippen molar-refractivity contribution in [2.24, 2.45) is 17.8 Å². The second kappa shape index (κ2) is 13.5. The molecule has 0 aromatic heterocycles. The Balaban J connectivity index is 6.90. The monoisotopic (exact) mass is 489 g/mol. The Morgan fingerprint density at radius 3 is 1.47 bits per heavy atom. The van der Waals surface area contributed by atoms with E-state index in [1.165, 1.54) is 0 Å². The van der Waals surface area contributed by atoms with E-state index >= 15 is 0 Å². The minimum absolute atomic E-state index is 0.0112. The summed E-state index contributed by atoms with van der Waals surface area (Å²) in [6.45, 7) is 15.5. The van der Waals surface area contributed by atoms with Crippen LogP contribution in [0.2, 0.25) is 0 Å². The molecule has 0 aliphatic rings. The summed E-state index contributed by atoms with van der Waals surface area (Å²) in [5.41, 5.74) is 1.65. The first-order valence-electron chi connectivity index (χ1n) is 11.6. The lowest BCUT2D eigenvalue weighted by Gasteiger charge is -2.43. The van der Waals surface area contributed by atoms with Crippen molar-refractivity contribution in [2.45, 2.75) is 105 Å². The van der Waals surface area contributed by atoms with Crippen LogP contribution in [0, 0.1) is 17.8 Å². The number of hydrazine groups is 2. The number of carboxylic acids is 3. The summed E-state index contributed by atoms with van der Waals surface area (Å²) in [6.07, 6.45) is -0.965. The molecule has 0 fully saturated rings. The molecule has 0 aliphatic heterocycles. The molecule has 0 rings (SSSR count). The van der Waals surface area contributed by atoms with Gasteiger partial charge in [-0.1, -0.05) is 41.5 Å². The van der Waals surface area contributed by atoms with Crippen molar-refractivity contribution in [3.05, 3.63) is 0 Å². The number of rotatable bonds is 14. The molecule has 4 N–H and O–H groups in total. The van der Waals surface area contributed by atoms with Gasteiger partial charge in [0.1, 0.15) is 17.7 Å². The molecule has 1 amide bonds. The van der Waals surface area contributed by atoms with Crippen molar-refractivity contribution in [1.82, 2.24) is 15.6 Å². The van der Waals surface area contributed by atoms with Crippen molar-refractivity contribution in [3.8, 4) is 0 Å². The molecule has 34 heavy (non-hydrogen) atoms. The Kier molecular flexibility index (Phi) is 12.5. The van der Waals surface area contributed by atoms with Crippen molar-refractivity contribution in [2.75, 3.05) is 0 Å². The fraction of sp³-hybridized carbons (Fsp3) is 0.826. The van der Waals surface area contributed by atoms with Crippen LogP contribution in [-0.2, 0) is 19.1 Å². The Morgan fingerprint density at radius 2 is 1.15 bits per heavy atom. The van der Waals surface area contributed by atoms with Crippen LogP contribution in [0.15, 0.2) is 0 Å². The highest BCUT2D eigenvalue weighted by molar-refractivity contribution is 5.81. The summed E-state index contributed by atoms with van der Waals surface area (Å²) in [5, 5.41) is 31.4. The fourth-order valence-corrected chi connectivity index (χ4v) is 3.32. The van der Waals surface area contributed by atoms with Gasteiger partial charge in [0.2, 0.25) is 0 Å². The average Bonchev–Trinajstić information content (AvgIpc) is 2.61. The summed E-state index contributed by atoms with van der Waals surface area (Å²) < 4.78 is 5.45. The zero-order valence-electron chi connectivity index (χ0n) is 21.9. The van der Waals surface area contributed by atoms with E-state index in [1.807, 2.05) is 0 Å². The Labute approximate surface area is 202 Å². The van der Waals surface area contributed by atoms with E-state index in [-0.39, 0.29) is 37.0 Å². The summed E-state index contributed by atoms with van der Waals surface area (Å²) in [4.78, 5) is 49.9. The SMILES string of the molecule is CC(C)C[C@H](NN([C@@H](CC(C)C)C(=O)O)N(C(=O)OC(C)(C)C)[C@@H](CC(C)C)C(=O)O)C(=O)O. The number of aliphatic carboxylic acids is 3. The van der Waals surface area contributed by atoms with Crippen LogP contribution in [0.5, 0.6) is 0 Å². The summed E-state index contributed by atoms with van der Waals surface area (Å²) >= 11 is 0. The first-order chi connectivity index (χ1) is 15.4. The smallest absolute Gasteiger partial charge is 0.426 e. The van der Waals surface area contributed by atoms with Gasteiger partial charge >= 0.3 is 24.0 Å². The maximum absolute atomic E-state index is 13.3. The number of carbonyl (C=O) groups excluding carboxylic acids is 1. The van der Waals surface area contributed by atoms with Crippen LogP contribution >= 0.6 is 0 Å². The van der Waals surface area contributed by atoms with E-state index in [4.69, 9.17) is 4.74 Å². The van der Waals surface area contributed by atoms with Crippen molar-refractivity contribution in [3.63, 3.8) is 0 Å². The maximum atomic E-state index is 13.3. The van der Waals surface area contributed by atoms with Crippen LogP contribution in [0.1, 0.15) is 81.6 Å². The van der Waals surface area contributed by atoms with Crippen LogP contribution in [0.25, 0.3) is 0 Å². The van der Waals surface area contributed by atoms with Crippen molar-refractivity contribution in [1.29, 1.82) is 0 Å². The molecular formula is C23H43N3O8. The molecule has 0 saturated carbocycles.